The van der Waals surface area contributed by atoms with E-state index in [1.165, 1.54) is 0 Å². The molecule has 3 aliphatic rings. The highest BCUT2D eigenvalue weighted by atomic mass is 16.2. The van der Waals surface area contributed by atoms with Crippen molar-refractivity contribution >= 4 is 23.4 Å². The average molecular weight is 341 g/mol. The predicted octanol–water partition coefficient (Wildman–Crippen LogP) is 1.20. The Hall–Kier alpha value is -2.21. The number of fused-ring (bicyclic) bond motifs is 2. The minimum absolute atomic E-state index is 0.0172. The molecule has 3 fully saturated rings. The fourth-order valence-electron chi connectivity index (χ4n) is 4.73. The smallest absolute Gasteiger partial charge is 0.230 e. The normalized spacial score (nSPS) is 33.6. The molecule has 1 saturated heterocycles. The van der Waals surface area contributed by atoms with Crippen molar-refractivity contribution in [2.75, 3.05) is 5.32 Å². The first kappa shape index (κ1) is 16.3. The van der Waals surface area contributed by atoms with Crippen LogP contribution in [0.4, 0.5) is 5.69 Å². The Kier molecular flexibility index (Phi) is 4.07. The van der Waals surface area contributed by atoms with Gasteiger partial charge in [-0.3, -0.25) is 19.7 Å². The number of carbonyl (C=O) groups excluding carboxylic acids is 3. The number of nitrogens with one attached hydrogen (secondary N) is 2. The lowest BCUT2D eigenvalue weighted by Crippen LogP contribution is -2.42. The highest BCUT2D eigenvalue weighted by molar-refractivity contribution is 6.03. The van der Waals surface area contributed by atoms with Crippen LogP contribution in [0, 0.1) is 23.7 Å². The predicted molar refractivity (Wildman–Crippen MR) is 92.3 cm³/mol. The summed E-state index contributed by atoms with van der Waals surface area (Å²) in [5, 5.41) is 5.31. The van der Waals surface area contributed by atoms with E-state index in [9.17, 15) is 14.4 Å². The van der Waals surface area contributed by atoms with Gasteiger partial charge >= 0.3 is 0 Å². The van der Waals surface area contributed by atoms with Crippen molar-refractivity contribution in [2.24, 2.45) is 29.4 Å². The summed E-state index contributed by atoms with van der Waals surface area (Å²) in [6.45, 7) is 0. The first-order valence-electron chi connectivity index (χ1n) is 9.00. The molecule has 0 aromatic heterocycles. The average Bonchev–Trinajstić information content (AvgIpc) is 3.24. The standard InChI is InChI=1S/C19H23N3O3/c20-17-12-4-3-11(8-12)16(17)19(25)21-14-5-1-10(2-6-14)7-13-9-15(23)22-18(13)24/h1-2,5-6,11-13,16-17H,3-4,7-9,20H2,(H,21,25)(H,22,23,24). The summed E-state index contributed by atoms with van der Waals surface area (Å²) in [5.41, 5.74) is 7.95. The second-order valence-electron chi connectivity index (χ2n) is 7.64. The quantitative estimate of drug-likeness (QED) is 0.716. The van der Waals surface area contributed by atoms with Crippen LogP contribution >= 0.6 is 0 Å². The lowest BCUT2D eigenvalue weighted by atomic mass is 9.84. The molecule has 3 amide bonds. The third-order valence-corrected chi connectivity index (χ3v) is 6.05. The maximum Gasteiger partial charge on any atom is 0.230 e. The third-order valence-electron chi connectivity index (χ3n) is 6.05. The fourth-order valence-corrected chi connectivity index (χ4v) is 4.73. The molecule has 0 spiro atoms. The summed E-state index contributed by atoms with van der Waals surface area (Å²) in [5.74, 6) is 0.176. The number of benzene rings is 1. The zero-order chi connectivity index (χ0) is 17.6. The molecule has 5 unspecified atom stereocenters. The molecular weight excluding hydrogens is 318 g/mol. The molecule has 1 aromatic carbocycles. The number of anilines is 1. The number of carbonyl (C=O) groups is 3. The Labute approximate surface area is 146 Å². The molecule has 2 saturated carbocycles. The summed E-state index contributed by atoms with van der Waals surface area (Å²) >= 11 is 0. The number of hydrogen-bond acceptors (Lipinski definition) is 4. The molecule has 0 radical (unpaired) electrons. The monoisotopic (exact) mass is 341 g/mol. The van der Waals surface area contributed by atoms with Crippen LogP contribution in [0.2, 0.25) is 0 Å². The van der Waals surface area contributed by atoms with E-state index in [2.05, 4.69) is 10.6 Å². The molecule has 1 heterocycles. The largest absolute Gasteiger partial charge is 0.327 e. The molecule has 1 aliphatic heterocycles. The van der Waals surface area contributed by atoms with E-state index in [-0.39, 0.29) is 42.0 Å². The lowest BCUT2D eigenvalue weighted by molar-refractivity contribution is -0.126. The van der Waals surface area contributed by atoms with Gasteiger partial charge in [-0.25, -0.2) is 0 Å². The van der Waals surface area contributed by atoms with Gasteiger partial charge in [0.15, 0.2) is 0 Å². The summed E-state index contributed by atoms with van der Waals surface area (Å²) in [4.78, 5) is 35.5. The fraction of sp³-hybridized carbons (Fsp3) is 0.526. The van der Waals surface area contributed by atoms with Crippen LogP contribution in [-0.2, 0) is 20.8 Å². The van der Waals surface area contributed by atoms with Gasteiger partial charge in [0, 0.05) is 18.2 Å². The molecule has 6 heteroatoms. The first-order chi connectivity index (χ1) is 12.0. The van der Waals surface area contributed by atoms with E-state index in [0.717, 1.165) is 30.5 Å². The first-order valence-corrected chi connectivity index (χ1v) is 9.00. The number of amides is 3. The van der Waals surface area contributed by atoms with Gasteiger partial charge in [0.1, 0.15) is 0 Å². The van der Waals surface area contributed by atoms with Gasteiger partial charge in [0.2, 0.25) is 17.7 Å². The Morgan fingerprint density at radius 1 is 1.16 bits per heavy atom. The van der Waals surface area contributed by atoms with Gasteiger partial charge in [0.25, 0.3) is 0 Å². The zero-order valence-corrected chi connectivity index (χ0v) is 14.0. The summed E-state index contributed by atoms with van der Waals surface area (Å²) in [6, 6.07) is 7.47. The van der Waals surface area contributed by atoms with Gasteiger partial charge in [0.05, 0.1) is 11.8 Å². The molecular formula is C19H23N3O3. The Morgan fingerprint density at radius 3 is 2.48 bits per heavy atom. The second kappa shape index (κ2) is 6.26. The van der Waals surface area contributed by atoms with E-state index in [1.807, 2.05) is 24.3 Å². The number of nitrogens with two attached hydrogens (primary N) is 1. The van der Waals surface area contributed by atoms with Crippen LogP contribution in [0.1, 0.15) is 31.2 Å². The SMILES string of the molecule is NC1C2CCC(C2)C1C(=O)Nc1ccc(CC2CC(=O)NC2=O)cc1. The second-order valence-corrected chi connectivity index (χ2v) is 7.64. The molecule has 2 aliphatic carbocycles. The van der Waals surface area contributed by atoms with Crippen molar-refractivity contribution in [3.05, 3.63) is 29.8 Å². The molecule has 5 atom stereocenters. The molecule has 132 valence electrons. The van der Waals surface area contributed by atoms with Crippen LogP contribution in [-0.4, -0.2) is 23.8 Å². The molecule has 2 bridgehead atoms. The zero-order valence-electron chi connectivity index (χ0n) is 14.0. The van der Waals surface area contributed by atoms with Gasteiger partial charge in [-0.15, -0.1) is 0 Å². The van der Waals surface area contributed by atoms with Gasteiger partial charge in [-0.2, -0.15) is 0 Å². The summed E-state index contributed by atoms with van der Waals surface area (Å²) < 4.78 is 0. The maximum atomic E-state index is 12.6. The van der Waals surface area contributed by atoms with Crippen LogP contribution < -0.4 is 16.4 Å². The van der Waals surface area contributed by atoms with E-state index in [0.29, 0.717) is 18.3 Å². The summed E-state index contributed by atoms with van der Waals surface area (Å²) in [7, 11) is 0. The highest BCUT2D eigenvalue weighted by Crippen LogP contribution is 2.47. The minimum atomic E-state index is -0.292. The van der Waals surface area contributed by atoms with Crippen molar-refractivity contribution in [3.8, 4) is 0 Å². The number of hydrogen-bond donors (Lipinski definition) is 3. The van der Waals surface area contributed by atoms with Crippen molar-refractivity contribution < 1.29 is 14.4 Å². The van der Waals surface area contributed by atoms with Crippen molar-refractivity contribution in [1.29, 1.82) is 0 Å². The molecule has 4 N–H and O–H groups in total. The van der Waals surface area contributed by atoms with Crippen LogP contribution in [0.3, 0.4) is 0 Å². The van der Waals surface area contributed by atoms with E-state index in [4.69, 9.17) is 5.73 Å². The Morgan fingerprint density at radius 2 is 1.88 bits per heavy atom. The molecule has 25 heavy (non-hydrogen) atoms. The Bertz CT molecular complexity index is 713. The molecule has 1 aromatic rings. The topological polar surface area (TPSA) is 101 Å². The lowest BCUT2D eigenvalue weighted by Gasteiger charge is -2.27. The minimum Gasteiger partial charge on any atom is -0.327 e. The van der Waals surface area contributed by atoms with Gasteiger partial charge < -0.3 is 11.1 Å². The van der Waals surface area contributed by atoms with Gasteiger partial charge in [-0.05, 0) is 55.2 Å². The summed E-state index contributed by atoms with van der Waals surface area (Å²) in [6.07, 6.45) is 4.13. The number of rotatable bonds is 4. The van der Waals surface area contributed by atoms with Gasteiger partial charge in [-0.1, -0.05) is 12.1 Å². The van der Waals surface area contributed by atoms with E-state index >= 15 is 0 Å². The van der Waals surface area contributed by atoms with E-state index < -0.39 is 0 Å². The Balaban J connectivity index is 1.37. The van der Waals surface area contributed by atoms with Crippen LogP contribution in [0.5, 0.6) is 0 Å². The highest BCUT2D eigenvalue weighted by Gasteiger charge is 2.49. The van der Waals surface area contributed by atoms with Crippen molar-refractivity contribution in [1.82, 2.24) is 5.32 Å². The molecule has 4 rings (SSSR count). The third kappa shape index (κ3) is 3.06. The van der Waals surface area contributed by atoms with E-state index in [1.54, 1.807) is 0 Å². The number of imide groups is 1. The van der Waals surface area contributed by atoms with Crippen molar-refractivity contribution in [2.45, 2.75) is 38.1 Å². The van der Waals surface area contributed by atoms with Crippen LogP contribution in [0.25, 0.3) is 0 Å². The van der Waals surface area contributed by atoms with Crippen LogP contribution in [0.15, 0.2) is 24.3 Å². The van der Waals surface area contributed by atoms with Crippen molar-refractivity contribution in [3.63, 3.8) is 0 Å². The molecule has 6 nitrogen and oxygen atoms in total. The maximum absolute atomic E-state index is 12.6.